The maximum absolute atomic E-state index is 5.39. The molecule has 2 N–H and O–H groups in total. The first-order valence-corrected chi connectivity index (χ1v) is 7.65. The summed E-state index contributed by atoms with van der Waals surface area (Å²) in [5.41, 5.74) is 1.99. The van der Waals surface area contributed by atoms with Gasteiger partial charge < -0.3 is 24.6 Å². The van der Waals surface area contributed by atoms with E-state index in [1.165, 1.54) is 5.56 Å². The first kappa shape index (κ1) is 18.4. The molecule has 0 spiro atoms. The van der Waals surface area contributed by atoms with Gasteiger partial charge in [-0.15, -0.1) is 24.0 Å². The van der Waals surface area contributed by atoms with Crippen LogP contribution in [0.15, 0.2) is 40.0 Å². The zero-order valence-corrected chi connectivity index (χ0v) is 15.8. The molecule has 130 valence electrons. The molecular weight excluding hydrogens is 423 g/mol. The van der Waals surface area contributed by atoms with Crippen LogP contribution in [0, 0.1) is 0 Å². The van der Waals surface area contributed by atoms with Crippen molar-refractivity contribution in [2.45, 2.75) is 19.9 Å². The average molecular weight is 444 g/mol. The molecular formula is C16H21IN4O3. The Balaban J connectivity index is 0.00000208. The van der Waals surface area contributed by atoms with Crippen molar-refractivity contribution in [2.75, 3.05) is 19.9 Å². The number of aromatic nitrogens is 1. The molecule has 1 aromatic heterocycles. The Kier molecular flexibility index (Phi) is 7.16. The molecule has 1 aliphatic rings. The molecule has 3 rings (SSSR count). The lowest BCUT2D eigenvalue weighted by Gasteiger charge is -2.11. The Labute approximate surface area is 157 Å². The molecule has 7 nitrogen and oxygen atoms in total. The fourth-order valence-corrected chi connectivity index (χ4v) is 2.24. The van der Waals surface area contributed by atoms with Crippen molar-refractivity contribution in [3.05, 3.63) is 41.8 Å². The molecule has 0 amide bonds. The van der Waals surface area contributed by atoms with Crippen LogP contribution in [0.25, 0.3) is 0 Å². The van der Waals surface area contributed by atoms with Crippen LogP contribution >= 0.6 is 24.0 Å². The molecule has 0 atom stereocenters. The van der Waals surface area contributed by atoms with Gasteiger partial charge in [0.15, 0.2) is 17.5 Å². The topological polar surface area (TPSA) is 80.9 Å². The number of hydrogen-bond acceptors (Lipinski definition) is 5. The largest absolute Gasteiger partial charge is 0.454 e. The monoisotopic (exact) mass is 444 g/mol. The lowest BCUT2D eigenvalue weighted by Crippen LogP contribution is -2.38. The summed E-state index contributed by atoms with van der Waals surface area (Å²) < 4.78 is 15.5. The smallest absolute Gasteiger partial charge is 0.231 e. The first-order chi connectivity index (χ1) is 11.3. The van der Waals surface area contributed by atoms with Crippen molar-refractivity contribution in [3.63, 3.8) is 0 Å². The van der Waals surface area contributed by atoms with Crippen LogP contribution in [-0.4, -0.2) is 31.0 Å². The van der Waals surface area contributed by atoms with E-state index in [0.717, 1.165) is 42.7 Å². The predicted octanol–water partition coefficient (Wildman–Crippen LogP) is 2.32. The molecule has 24 heavy (non-hydrogen) atoms. The Bertz CT molecular complexity index is 661. The van der Waals surface area contributed by atoms with E-state index in [-0.39, 0.29) is 24.0 Å². The number of fused-ring (bicyclic) bond motifs is 1. The van der Waals surface area contributed by atoms with Crippen LogP contribution in [0.3, 0.4) is 0 Å². The lowest BCUT2D eigenvalue weighted by atomic mass is 10.1. The Morgan fingerprint density at radius 1 is 1.21 bits per heavy atom. The van der Waals surface area contributed by atoms with E-state index in [0.29, 0.717) is 13.3 Å². The summed E-state index contributed by atoms with van der Waals surface area (Å²) >= 11 is 0. The minimum atomic E-state index is 0. The zero-order valence-electron chi connectivity index (χ0n) is 13.4. The lowest BCUT2D eigenvalue weighted by molar-refractivity contribution is 0.174. The minimum absolute atomic E-state index is 0. The number of nitrogens with one attached hydrogen (secondary N) is 2. The van der Waals surface area contributed by atoms with Gasteiger partial charge in [-0.25, -0.2) is 4.99 Å². The van der Waals surface area contributed by atoms with E-state index in [4.69, 9.17) is 14.0 Å². The van der Waals surface area contributed by atoms with Crippen molar-refractivity contribution >= 4 is 29.9 Å². The van der Waals surface area contributed by atoms with Crippen LogP contribution in [0.5, 0.6) is 11.5 Å². The van der Waals surface area contributed by atoms with E-state index >= 15 is 0 Å². The molecule has 1 aliphatic heterocycles. The second kappa shape index (κ2) is 9.36. The second-order valence-electron chi connectivity index (χ2n) is 5.05. The van der Waals surface area contributed by atoms with Gasteiger partial charge in [0.2, 0.25) is 6.79 Å². The first-order valence-electron chi connectivity index (χ1n) is 7.65. The van der Waals surface area contributed by atoms with E-state index in [1.807, 2.05) is 19.1 Å². The number of halogens is 1. The maximum Gasteiger partial charge on any atom is 0.231 e. The van der Waals surface area contributed by atoms with E-state index in [1.54, 1.807) is 12.3 Å². The standard InChI is InChI=1S/C16H20N4O3.HI/c1-2-17-16(19-10-13-6-8-23-20-13)18-7-5-12-3-4-14-15(9-12)22-11-21-14;/h3-4,6,8-9H,2,5,7,10-11H2,1H3,(H2,17,18,19);1H. The van der Waals surface area contributed by atoms with Crippen LogP contribution in [0.1, 0.15) is 18.2 Å². The highest BCUT2D eigenvalue weighted by Gasteiger charge is 2.12. The average Bonchev–Trinajstić information content (AvgIpc) is 3.23. The van der Waals surface area contributed by atoms with Gasteiger partial charge in [0.05, 0.1) is 6.54 Å². The molecule has 0 bridgehead atoms. The predicted molar refractivity (Wildman–Crippen MR) is 101 cm³/mol. The van der Waals surface area contributed by atoms with Gasteiger partial charge in [0.1, 0.15) is 12.0 Å². The summed E-state index contributed by atoms with van der Waals surface area (Å²) in [6.45, 7) is 4.39. The van der Waals surface area contributed by atoms with Gasteiger partial charge >= 0.3 is 0 Å². The van der Waals surface area contributed by atoms with Gasteiger partial charge in [-0.1, -0.05) is 11.2 Å². The molecule has 2 aromatic rings. The normalized spacial score (nSPS) is 12.6. The molecule has 8 heteroatoms. The van der Waals surface area contributed by atoms with Crippen molar-refractivity contribution in [2.24, 2.45) is 4.99 Å². The number of rotatable bonds is 6. The Hall–Kier alpha value is -1.97. The van der Waals surface area contributed by atoms with Gasteiger partial charge in [0.25, 0.3) is 0 Å². The third-order valence-electron chi connectivity index (χ3n) is 3.38. The van der Waals surface area contributed by atoms with Gasteiger partial charge in [-0.2, -0.15) is 0 Å². The third kappa shape index (κ3) is 5.02. The van der Waals surface area contributed by atoms with Crippen LogP contribution in [0.4, 0.5) is 0 Å². The summed E-state index contributed by atoms with van der Waals surface area (Å²) in [5.74, 6) is 2.38. The zero-order chi connectivity index (χ0) is 15.9. The summed E-state index contributed by atoms with van der Waals surface area (Å²) in [5, 5.41) is 10.4. The van der Waals surface area contributed by atoms with Crippen molar-refractivity contribution in [1.82, 2.24) is 15.8 Å². The molecule has 2 heterocycles. The van der Waals surface area contributed by atoms with Gasteiger partial charge in [-0.05, 0) is 31.0 Å². The molecule has 1 aromatic carbocycles. The van der Waals surface area contributed by atoms with E-state index < -0.39 is 0 Å². The second-order valence-corrected chi connectivity index (χ2v) is 5.05. The highest BCUT2D eigenvalue weighted by atomic mass is 127. The van der Waals surface area contributed by atoms with Gasteiger partial charge in [-0.3, -0.25) is 0 Å². The Morgan fingerprint density at radius 2 is 2.08 bits per heavy atom. The number of hydrogen-bond donors (Lipinski definition) is 2. The van der Waals surface area contributed by atoms with Crippen molar-refractivity contribution in [3.8, 4) is 11.5 Å². The summed E-state index contributed by atoms with van der Waals surface area (Å²) in [7, 11) is 0. The van der Waals surface area contributed by atoms with Crippen molar-refractivity contribution in [1.29, 1.82) is 0 Å². The molecule has 0 radical (unpaired) electrons. The van der Waals surface area contributed by atoms with E-state index in [9.17, 15) is 0 Å². The molecule has 0 fully saturated rings. The number of ether oxygens (including phenoxy) is 2. The third-order valence-corrected chi connectivity index (χ3v) is 3.38. The van der Waals surface area contributed by atoms with Crippen molar-refractivity contribution < 1.29 is 14.0 Å². The van der Waals surface area contributed by atoms with Gasteiger partial charge in [0, 0.05) is 19.2 Å². The molecule has 0 saturated heterocycles. The summed E-state index contributed by atoms with van der Waals surface area (Å²) in [4.78, 5) is 4.47. The Morgan fingerprint density at radius 3 is 2.88 bits per heavy atom. The number of benzene rings is 1. The van der Waals surface area contributed by atoms with Crippen LogP contribution in [-0.2, 0) is 13.0 Å². The summed E-state index contributed by atoms with van der Waals surface area (Å²) in [6.07, 6.45) is 2.41. The summed E-state index contributed by atoms with van der Waals surface area (Å²) in [6, 6.07) is 7.82. The minimum Gasteiger partial charge on any atom is -0.454 e. The molecule has 0 aliphatic carbocycles. The fourth-order valence-electron chi connectivity index (χ4n) is 2.24. The quantitative estimate of drug-likeness (QED) is 0.405. The highest BCUT2D eigenvalue weighted by molar-refractivity contribution is 14.0. The van der Waals surface area contributed by atoms with Crippen LogP contribution in [0.2, 0.25) is 0 Å². The molecule has 0 saturated carbocycles. The highest BCUT2D eigenvalue weighted by Crippen LogP contribution is 2.32. The van der Waals surface area contributed by atoms with Crippen LogP contribution < -0.4 is 20.1 Å². The maximum atomic E-state index is 5.39. The molecule has 0 unspecified atom stereocenters. The number of aliphatic imine (C=N–C) groups is 1. The fraction of sp³-hybridized carbons (Fsp3) is 0.375. The number of guanidine groups is 1. The van der Waals surface area contributed by atoms with E-state index in [2.05, 4.69) is 26.8 Å². The number of nitrogens with zero attached hydrogens (tertiary/aromatic N) is 2. The SMILES string of the molecule is CCNC(=NCc1ccon1)NCCc1ccc2c(c1)OCO2.I.